The Morgan fingerprint density at radius 1 is 1.59 bits per heavy atom. The number of hydrogen-bond acceptors (Lipinski definition) is 6. The SMILES string of the molecule is CCCC(C)(O)CNc1nc(NN)ncc1F. The van der Waals surface area contributed by atoms with Crippen molar-refractivity contribution in [3.05, 3.63) is 12.0 Å². The van der Waals surface area contributed by atoms with Gasteiger partial charge in [-0.2, -0.15) is 4.98 Å². The Hall–Kier alpha value is -1.47. The summed E-state index contributed by atoms with van der Waals surface area (Å²) in [6.07, 6.45) is 2.48. The number of hydrazine groups is 1. The Kier molecular flexibility index (Phi) is 4.59. The lowest BCUT2D eigenvalue weighted by molar-refractivity contribution is 0.0635. The molecule has 0 amide bonds. The van der Waals surface area contributed by atoms with Gasteiger partial charge in [0, 0.05) is 6.54 Å². The molecule has 0 aliphatic rings. The monoisotopic (exact) mass is 243 g/mol. The molecule has 0 aliphatic heterocycles. The number of hydrogen-bond donors (Lipinski definition) is 4. The minimum atomic E-state index is -0.900. The van der Waals surface area contributed by atoms with Gasteiger partial charge in [0.25, 0.3) is 0 Å². The molecule has 1 rings (SSSR count). The molecule has 1 unspecified atom stereocenters. The van der Waals surface area contributed by atoms with Crippen LogP contribution in [-0.4, -0.2) is 27.2 Å². The second-order valence-electron chi connectivity index (χ2n) is 4.13. The summed E-state index contributed by atoms with van der Waals surface area (Å²) in [6.45, 7) is 3.86. The number of nitrogens with one attached hydrogen (secondary N) is 2. The summed E-state index contributed by atoms with van der Waals surface area (Å²) in [6, 6.07) is 0. The molecule has 0 spiro atoms. The van der Waals surface area contributed by atoms with Crippen LogP contribution in [-0.2, 0) is 0 Å². The summed E-state index contributed by atoms with van der Waals surface area (Å²) in [5, 5.41) is 12.7. The Labute approximate surface area is 99.4 Å². The number of anilines is 2. The van der Waals surface area contributed by atoms with Crippen molar-refractivity contribution in [3.63, 3.8) is 0 Å². The predicted molar refractivity (Wildman–Crippen MR) is 63.8 cm³/mol. The maximum absolute atomic E-state index is 13.3. The second-order valence-corrected chi connectivity index (χ2v) is 4.13. The van der Waals surface area contributed by atoms with E-state index in [0.717, 1.165) is 12.6 Å². The van der Waals surface area contributed by atoms with Crippen molar-refractivity contribution in [2.45, 2.75) is 32.3 Å². The van der Waals surface area contributed by atoms with Gasteiger partial charge in [-0.05, 0) is 13.3 Å². The van der Waals surface area contributed by atoms with Crippen molar-refractivity contribution in [2.24, 2.45) is 5.84 Å². The molecule has 5 N–H and O–H groups in total. The molecule has 7 heteroatoms. The Morgan fingerprint density at radius 2 is 2.29 bits per heavy atom. The topological polar surface area (TPSA) is 96.1 Å². The van der Waals surface area contributed by atoms with Gasteiger partial charge in [-0.15, -0.1) is 0 Å². The minimum Gasteiger partial charge on any atom is -0.388 e. The van der Waals surface area contributed by atoms with Crippen LogP contribution in [0.2, 0.25) is 0 Å². The highest BCUT2D eigenvalue weighted by atomic mass is 19.1. The fraction of sp³-hybridized carbons (Fsp3) is 0.600. The maximum atomic E-state index is 13.3. The summed E-state index contributed by atoms with van der Waals surface area (Å²) in [4.78, 5) is 7.42. The Bertz CT molecular complexity index is 372. The summed E-state index contributed by atoms with van der Waals surface area (Å²) in [7, 11) is 0. The Balaban J connectivity index is 2.68. The van der Waals surface area contributed by atoms with Gasteiger partial charge in [-0.1, -0.05) is 13.3 Å². The molecule has 0 saturated heterocycles. The van der Waals surface area contributed by atoms with E-state index in [1.807, 2.05) is 6.92 Å². The van der Waals surface area contributed by atoms with Crippen molar-refractivity contribution < 1.29 is 9.50 Å². The van der Waals surface area contributed by atoms with E-state index in [9.17, 15) is 9.50 Å². The van der Waals surface area contributed by atoms with E-state index in [4.69, 9.17) is 5.84 Å². The average Bonchev–Trinajstić information content (AvgIpc) is 2.28. The average molecular weight is 243 g/mol. The van der Waals surface area contributed by atoms with E-state index in [-0.39, 0.29) is 18.3 Å². The van der Waals surface area contributed by atoms with Crippen LogP contribution < -0.4 is 16.6 Å². The molecule has 0 aromatic carbocycles. The summed E-state index contributed by atoms with van der Waals surface area (Å²) >= 11 is 0. The molecule has 0 radical (unpaired) electrons. The van der Waals surface area contributed by atoms with Crippen LogP contribution in [0.1, 0.15) is 26.7 Å². The third kappa shape index (κ3) is 4.12. The molecule has 1 aromatic heterocycles. The van der Waals surface area contributed by atoms with Crippen molar-refractivity contribution in [1.29, 1.82) is 0 Å². The zero-order valence-electron chi connectivity index (χ0n) is 10.00. The van der Waals surface area contributed by atoms with Crippen LogP contribution in [0, 0.1) is 5.82 Å². The molecule has 0 saturated carbocycles. The van der Waals surface area contributed by atoms with Crippen molar-refractivity contribution in [1.82, 2.24) is 9.97 Å². The van der Waals surface area contributed by atoms with Crippen molar-refractivity contribution in [3.8, 4) is 0 Å². The number of rotatable bonds is 6. The van der Waals surface area contributed by atoms with Crippen LogP contribution in [0.5, 0.6) is 0 Å². The first-order valence-electron chi connectivity index (χ1n) is 5.44. The van der Waals surface area contributed by atoms with Crippen LogP contribution in [0.4, 0.5) is 16.2 Å². The number of nitrogens with zero attached hydrogens (tertiary/aromatic N) is 2. The smallest absolute Gasteiger partial charge is 0.239 e. The molecule has 1 atom stereocenters. The zero-order valence-corrected chi connectivity index (χ0v) is 10.00. The number of halogens is 1. The normalized spacial score (nSPS) is 14.2. The Morgan fingerprint density at radius 3 is 2.88 bits per heavy atom. The first-order chi connectivity index (χ1) is 7.98. The van der Waals surface area contributed by atoms with Crippen LogP contribution in [0.25, 0.3) is 0 Å². The summed E-state index contributed by atoms with van der Waals surface area (Å²) in [5.74, 6) is 4.67. The fourth-order valence-electron chi connectivity index (χ4n) is 1.46. The lowest BCUT2D eigenvalue weighted by atomic mass is 10.0. The van der Waals surface area contributed by atoms with Gasteiger partial charge in [-0.25, -0.2) is 15.2 Å². The molecule has 17 heavy (non-hydrogen) atoms. The quantitative estimate of drug-likeness (QED) is 0.437. The maximum Gasteiger partial charge on any atom is 0.239 e. The third-order valence-corrected chi connectivity index (χ3v) is 2.30. The molecule has 1 aromatic rings. The highest BCUT2D eigenvalue weighted by molar-refractivity contribution is 5.40. The molecule has 0 aliphatic carbocycles. The van der Waals surface area contributed by atoms with Crippen LogP contribution >= 0.6 is 0 Å². The van der Waals surface area contributed by atoms with Gasteiger partial charge in [0.15, 0.2) is 11.6 Å². The molecule has 0 fully saturated rings. The van der Waals surface area contributed by atoms with E-state index in [1.54, 1.807) is 6.92 Å². The van der Waals surface area contributed by atoms with E-state index in [1.165, 1.54) is 0 Å². The predicted octanol–water partition coefficient (Wildman–Crippen LogP) is 0.864. The van der Waals surface area contributed by atoms with Gasteiger partial charge >= 0.3 is 0 Å². The number of nitrogen functional groups attached to an aromatic ring is 1. The first kappa shape index (κ1) is 13.6. The third-order valence-electron chi connectivity index (χ3n) is 2.30. The molecule has 1 heterocycles. The van der Waals surface area contributed by atoms with Gasteiger partial charge in [0.1, 0.15) is 0 Å². The van der Waals surface area contributed by atoms with Crippen LogP contribution in [0.3, 0.4) is 0 Å². The van der Waals surface area contributed by atoms with E-state index in [0.29, 0.717) is 6.42 Å². The molecule has 0 bridgehead atoms. The van der Waals surface area contributed by atoms with Gasteiger partial charge in [0.2, 0.25) is 5.95 Å². The van der Waals surface area contributed by atoms with Gasteiger partial charge < -0.3 is 10.4 Å². The van der Waals surface area contributed by atoms with E-state index >= 15 is 0 Å². The lowest BCUT2D eigenvalue weighted by Gasteiger charge is -2.23. The largest absolute Gasteiger partial charge is 0.388 e. The zero-order chi connectivity index (χ0) is 12.9. The summed E-state index contributed by atoms with van der Waals surface area (Å²) < 4.78 is 13.3. The number of aliphatic hydroxyl groups is 1. The highest BCUT2D eigenvalue weighted by Gasteiger charge is 2.19. The van der Waals surface area contributed by atoms with Gasteiger partial charge in [0.05, 0.1) is 11.8 Å². The lowest BCUT2D eigenvalue weighted by Crippen LogP contribution is -2.33. The first-order valence-corrected chi connectivity index (χ1v) is 5.44. The minimum absolute atomic E-state index is 0.0179. The van der Waals surface area contributed by atoms with E-state index in [2.05, 4.69) is 20.7 Å². The number of aromatic nitrogens is 2. The van der Waals surface area contributed by atoms with Crippen molar-refractivity contribution in [2.75, 3.05) is 17.3 Å². The molecule has 6 nitrogen and oxygen atoms in total. The molecule has 96 valence electrons. The standard InChI is InChI=1S/C10H18FN5O/c1-3-4-10(2,17)6-14-8-7(11)5-13-9(15-8)16-12/h5,17H,3-4,6,12H2,1-2H3,(H2,13,14,15,16). The second kappa shape index (κ2) is 5.74. The fourth-order valence-corrected chi connectivity index (χ4v) is 1.46. The molecular formula is C10H18FN5O. The van der Waals surface area contributed by atoms with Gasteiger partial charge in [-0.3, -0.25) is 5.43 Å². The molecular weight excluding hydrogens is 225 g/mol. The van der Waals surface area contributed by atoms with Crippen molar-refractivity contribution >= 4 is 11.8 Å². The highest BCUT2D eigenvalue weighted by Crippen LogP contribution is 2.15. The van der Waals surface area contributed by atoms with Crippen LogP contribution in [0.15, 0.2) is 6.20 Å². The van der Waals surface area contributed by atoms with E-state index < -0.39 is 11.4 Å². The number of nitrogens with two attached hydrogens (primary N) is 1. The summed E-state index contributed by atoms with van der Waals surface area (Å²) in [5.41, 5.74) is 1.33.